The van der Waals surface area contributed by atoms with E-state index in [1.165, 1.54) is 0 Å². The van der Waals surface area contributed by atoms with Crippen molar-refractivity contribution in [3.8, 4) is 11.6 Å². The number of ether oxygens (including phenoxy) is 1. The molecule has 6 heteroatoms. The summed E-state index contributed by atoms with van der Waals surface area (Å²) in [6, 6.07) is 5.68. The molecule has 3 heterocycles. The zero-order valence-corrected chi connectivity index (χ0v) is 12.8. The molecule has 0 aromatic carbocycles. The summed E-state index contributed by atoms with van der Waals surface area (Å²) in [6.07, 6.45) is 5.26. The average Bonchev–Trinajstić information content (AvgIpc) is 2.51. The molecule has 0 spiro atoms. The lowest BCUT2D eigenvalue weighted by Gasteiger charge is -2.33. The van der Waals surface area contributed by atoms with E-state index in [1.54, 1.807) is 12.4 Å². The zero-order chi connectivity index (χ0) is 14.7. The lowest BCUT2D eigenvalue weighted by atomic mass is 10.3. The van der Waals surface area contributed by atoms with Crippen LogP contribution >= 0.6 is 12.6 Å². The maximum atomic E-state index is 5.77. The molecule has 0 unspecified atom stereocenters. The van der Waals surface area contributed by atoms with Crippen LogP contribution in [-0.4, -0.2) is 48.1 Å². The Morgan fingerprint density at radius 1 is 1.19 bits per heavy atom. The van der Waals surface area contributed by atoms with Gasteiger partial charge in [-0.3, -0.25) is 4.98 Å². The van der Waals surface area contributed by atoms with Crippen molar-refractivity contribution in [1.29, 1.82) is 0 Å². The standard InChI is InChI=1S/C15H18N4OS/c1-18-5-7-19(8-6-18)12-9-13(11-16-10-12)20-15-14(21)3-2-4-17-15/h2-4,9-11,21H,5-8H2,1H3. The van der Waals surface area contributed by atoms with Crippen LogP contribution in [0.15, 0.2) is 41.7 Å². The van der Waals surface area contributed by atoms with Gasteiger partial charge in [0.05, 0.1) is 23.0 Å². The summed E-state index contributed by atoms with van der Waals surface area (Å²) < 4.78 is 5.77. The fraction of sp³-hybridized carbons (Fsp3) is 0.333. The fourth-order valence-corrected chi connectivity index (χ4v) is 2.46. The van der Waals surface area contributed by atoms with Crippen molar-refractivity contribution in [1.82, 2.24) is 14.9 Å². The van der Waals surface area contributed by atoms with E-state index in [1.807, 2.05) is 24.4 Å². The number of likely N-dealkylation sites (N-methyl/N-ethyl adjacent to an activating group) is 1. The molecule has 1 fully saturated rings. The third-order valence-corrected chi connectivity index (χ3v) is 3.87. The number of nitrogens with zero attached hydrogens (tertiary/aromatic N) is 4. The van der Waals surface area contributed by atoms with Gasteiger partial charge in [-0.2, -0.15) is 0 Å². The molecule has 0 N–H and O–H groups in total. The molecular formula is C15H18N4OS. The van der Waals surface area contributed by atoms with Gasteiger partial charge in [0.1, 0.15) is 5.75 Å². The van der Waals surface area contributed by atoms with Gasteiger partial charge in [-0.05, 0) is 19.2 Å². The van der Waals surface area contributed by atoms with Gasteiger partial charge in [0, 0.05) is 38.4 Å². The second-order valence-electron chi connectivity index (χ2n) is 5.10. The number of anilines is 1. The number of aromatic nitrogens is 2. The quantitative estimate of drug-likeness (QED) is 0.881. The molecule has 2 aromatic heterocycles. The predicted octanol–water partition coefficient (Wildman–Crippen LogP) is 2.31. The lowest BCUT2D eigenvalue weighted by molar-refractivity contribution is 0.312. The fourth-order valence-electron chi connectivity index (χ4n) is 2.27. The second-order valence-corrected chi connectivity index (χ2v) is 5.58. The van der Waals surface area contributed by atoms with Crippen molar-refractivity contribution in [2.45, 2.75) is 4.90 Å². The van der Waals surface area contributed by atoms with Gasteiger partial charge in [-0.25, -0.2) is 4.98 Å². The number of piperazine rings is 1. The first-order valence-electron chi connectivity index (χ1n) is 6.93. The van der Waals surface area contributed by atoms with Crippen LogP contribution in [0.25, 0.3) is 0 Å². The molecule has 21 heavy (non-hydrogen) atoms. The molecule has 3 rings (SSSR count). The molecule has 0 atom stereocenters. The zero-order valence-electron chi connectivity index (χ0n) is 11.9. The van der Waals surface area contributed by atoms with Crippen LogP contribution in [0.1, 0.15) is 0 Å². The molecular weight excluding hydrogens is 284 g/mol. The highest BCUT2D eigenvalue weighted by Gasteiger charge is 2.15. The molecule has 110 valence electrons. The largest absolute Gasteiger partial charge is 0.436 e. The first kappa shape index (κ1) is 14.2. The Bertz CT molecular complexity index is 614. The van der Waals surface area contributed by atoms with Gasteiger partial charge in [-0.15, -0.1) is 12.6 Å². The van der Waals surface area contributed by atoms with E-state index < -0.39 is 0 Å². The highest BCUT2D eigenvalue weighted by molar-refractivity contribution is 7.80. The summed E-state index contributed by atoms with van der Waals surface area (Å²) in [5, 5.41) is 0. The summed E-state index contributed by atoms with van der Waals surface area (Å²) in [4.78, 5) is 13.8. The minimum Gasteiger partial charge on any atom is -0.436 e. The minimum atomic E-state index is 0.498. The van der Waals surface area contributed by atoms with E-state index in [0.717, 1.165) is 31.9 Å². The van der Waals surface area contributed by atoms with Gasteiger partial charge < -0.3 is 14.5 Å². The van der Waals surface area contributed by atoms with E-state index in [-0.39, 0.29) is 0 Å². The van der Waals surface area contributed by atoms with E-state index >= 15 is 0 Å². The normalized spacial score (nSPS) is 16.0. The Hall–Kier alpha value is -1.79. The number of rotatable bonds is 3. The first-order valence-corrected chi connectivity index (χ1v) is 7.37. The van der Waals surface area contributed by atoms with Crippen molar-refractivity contribution in [3.63, 3.8) is 0 Å². The Balaban J connectivity index is 1.76. The molecule has 1 saturated heterocycles. The number of hydrogen-bond acceptors (Lipinski definition) is 6. The van der Waals surface area contributed by atoms with E-state index in [0.29, 0.717) is 16.5 Å². The Labute approximate surface area is 130 Å². The van der Waals surface area contributed by atoms with Gasteiger partial charge >= 0.3 is 0 Å². The monoisotopic (exact) mass is 302 g/mol. The lowest BCUT2D eigenvalue weighted by Crippen LogP contribution is -2.44. The molecule has 0 radical (unpaired) electrons. The molecule has 0 aliphatic carbocycles. The Kier molecular flexibility index (Phi) is 4.26. The summed E-state index contributed by atoms with van der Waals surface area (Å²) in [5.74, 6) is 1.18. The maximum absolute atomic E-state index is 5.77. The Morgan fingerprint density at radius 3 is 2.76 bits per heavy atom. The smallest absolute Gasteiger partial charge is 0.232 e. The third-order valence-electron chi connectivity index (χ3n) is 3.53. The van der Waals surface area contributed by atoms with Crippen molar-refractivity contribution in [3.05, 3.63) is 36.8 Å². The molecule has 0 saturated carbocycles. The first-order chi connectivity index (χ1) is 10.2. The van der Waals surface area contributed by atoms with Crippen LogP contribution in [0.4, 0.5) is 5.69 Å². The van der Waals surface area contributed by atoms with Gasteiger partial charge in [0.25, 0.3) is 0 Å². The minimum absolute atomic E-state index is 0.498. The van der Waals surface area contributed by atoms with Crippen LogP contribution in [0.3, 0.4) is 0 Å². The predicted molar refractivity (Wildman–Crippen MR) is 85.5 cm³/mol. The third kappa shape index (κ3) is 3.46. The van der Waals surface area contributed by atoms with Crippen LogP contribution in [0.5, 0.6) is 11.6 Å². The van der Waals surface area contributed by atoms with Crippen LogP contribution in [-0.2, 0) is 0 Å². The molecule has 2 aromatic rings. The molecule has 0 bridgehead atoms. The van der Waals surface area contributed by atoms with E-state index in [9.17, 15) is 0 Å². The number of hydrogen-bond donors (Lipinski definition) is 1. The van der Waals surface area contributed by atoms with Crippen molar-refractivity contribution in [2.75, 3.05) is 38.1 Å². The molecule has 1 aliphatic heterocycles. The SMILES string of the molecule is CN1CCN(c2cncc(Oc3ncccc3S)c2)CC1. The van der Waals surface area contributed by atoms with Crippen LogP contribution < -0.4 is 9.64 Å². The van der Waals surface area contributed by atoms with Gasteiger partial charge in [0.15, 0.2) is 0 Å². The highest BCUT2D eigenvalue weighted by atomic mass is 32.1. The second kappa shape index (κ2) is 6.32. The van der Waals surface area contributed by atoms with Gasteiger partial charge in [-0.1, -0.05) is 0 Å². The van der Waals surface area contributed by atoms with Gasteiger partial charge in [0.2, 0.25) is 5.88 Å². The van der Waals surface area contributed by atoms with Crippen molar-refractivity contribution >= 4 is 18.3 Å². The topological polar surface area (TPSA) is 41.5 Å². The van der Waals surface area contributed by atoms with Crippen LogP contribution in [0, 0.1) is 0 Å². The Morgan fingerprint density at radius 2 is 2.00 bits per heavy atom. The molecule has 1 aliphatic rings. The maximum Gasteiger partial charge on any atom is 0.232 e. The van der Waals surface area contributed by atoms with Crippen molar-refractivity contribution in [2.24, 2.45) is 0 Å². The summed E-state index contributed by atoms with van der Waals surface area (Å²) in [5.41, 5.74) is 1.08. The van der Waals surface area contributed by atoms with E-state index in [4.69, 9.17) is 4.74 Å². The van der Waals surface area contributed by atoms with Crippen molar-refractivity contribution < 1.29 is 4.74 Å². The number of thiol groups is 1. The summed E-state index contributed by atoms with van der Waals surface area (Å²) >= 11 is 4.34. The average molecular weight is 302 g/mol. The summed E-state index contributed by atoms with van der Waals surface area (Å²) in [7, 11) is 2.14. The number of pyridine rings is 2. The summed E-state index contributed by atoms with van der Waals surface area (Å²) in [6.45, 7) is 4.13. The molecule has 0 amide bonds. The molecule has 5 nitrogen and oxygen atoms in total. The highest BCUT2D eigenvalue weighted by Crippen LogP contribution is 2.27. The van der Waals surface area contributed by atoms with E-state index in [2.05, 4.69) is 39.4 Å². The van der Waals surface area contributed by atoms with Crippen LogP contribution in [0.2, 0.25) is 0 Å².